The van der Waals surface area contributed by atoms with E-state index >= 15 is 0 Å². The van der Waals surface area contributed by atoms with Crippen LogP contribution in [-0.4, -0.2) is 36.2 Å². The van der Waals surface area contributed by atoms with E-state index in [1.165, 1.54) is 0 Å². The van der Waals surface area contributed by atoms with Crippen molar-refractivity contribution in [1.82, 2.24) is 10.9 Å². The number of nitrogens with two attached hydrogens (primary N) is 2. The molecule has 0 saturated carbocycles. The Bertz CT molecular complexity index is 331. The van der Waals surface area contributed by atoms with Gasteiger partial charge in [0.15, 0.2) is 0 Å². The highest BCUT2D eigenvalue weighted by Gasteiger charge is 2.25. The van der Waals surface area contributed by atoms with Crippen molar-refractivity contribution in [3.8, 4) is 0 Å². The molecule has 0 heterocycles. The summed E-state index contributed by atoms with van der Waals surface area (Å²) in [7, 11) is 0. The monoisotopic (exact) mass is 290 g/mol. The van der Waals surface area contributed by atoms with Crippen LogP contribution < -0.4 is 22.5 Å². The Morgan fingerprint density at radius 2 is 1.50 bits per heavy atom. The number of hydrazine groups is 2. The van der Waals surface area contributed by atoms with E-state index < -0.39 is 11.2 Å². The van der Waals surface area contributed by atoms with Crippen molar-refractivity contribution in [2.24, 2.45) is 11.7 Å². The summed E-state index contributed by atoms with van der Waals surface area (Å²) in [6.45, 7) is 7.58. The van der Waals surface area contributed by atoms with Crippen molar-refractivity contribution in [2.45, 2.75) is 51.7 Å². The summed E-state index contributed by atoms with van der Waals surface area (Å²) >= 11 is 0. The molecule has 0 unspecified atom stereocenters. The highest BCUT2D eigenvalue weighted by Crippen LogP contribution is 2.19. The van der Waals surface area contributed by atoms with Gasteiger partial charge in [0.2, 0.25) is 5.91 Å². The first kappa shape index (κ1) is 18.8. The Kier molecular flexibility index (Phi) is 7.66. The number of hydrogen-bond donors (Lipinski definition) is 4. The minimum Gasteiger partial charge on any atom is -0.375 e. The molecule has 0 fully saturated rings. The first-order valence-electron chi connectivity index (χ1n) is 6.39. The van der Waals surface area contributed by atoms with E-state index in [1.807, 2.05) is 19.3 Å². The SMILES string of the molecule is CC(C)(CCOC(C)(C)CC(=O)NN)OCC(=O)NN. The van der Waals surface area contributed by atoms with Crippen molar-refractivity contribution >= 4 is 11.8 Å². The maximum Gasteiger partial charge on any atom is 0.259 e. The zero-order valence-corrected chi connectivity index (χ0v) is 12.6. The van der Waals surface area contributed by atoms with Gasteiger partial charge in [0.25, 0.3) is 5.91 Å². The molecule has 6 N–H and O–H groups in total. The van der Waals surface area contributed by atoms with E-state index in [0.717, 1.165) is 0 Å². The number of ether oxygens (including phenoxy) is 2. The van der Waals surface area contributed by atoms with E-state index in [9.17, 15) is 9.59 Å². The summed E-state index contributed by atoms with van der Waals surface area (Å²) < 4.78 is 11.1. The van der Waals surface area contributed by atoms with Gasteiger partial charge in [0.05, 0.1) is 24.2 Å². The van der Waals surface area contributed by atoms with Crippen molar-refractivity contribution in [3.05, 3.63) is 0 Å². The Balaban J connectivity index is 4.07. The summed E-state index contributed by atoms with van der Waals surface area (Å²) in [6.07, 6.45) is 0.735. The minimum atomic E-state index is -0.617. The van der Waals surface area contributed by atoms with Crippen LogP contribution in [0.2, 0.25) is 0 Å². The lowest BCUT2D eigenvalue weighted by Gasteiger charge is -2.29. The third-order valence-electron chi connectivity index (χ3n) is 2.70. The molecule has 0 aromatic carbocycles. The quantitative estimate of drug-likeness (QED) is 0.253. The predicted octanol–water partition coefficient (Wildman–Crippen LogP) is -0.663. The van der Waals surface area contributed by atoms with Crippen LogP contribution in [0.5, 0.6) is 0 Å². The van der Waals surface area contributed by atoms with Crippen LogP contribution in [0.15, 0.2) is 0 Å². The Morgan fingerprint density at radius 3 is 2.00 bits per heavy atom. The molecule has 0 aromatic rings. The van der Waals surface area contributed by atoms with Crippen LogP contribution in [0.3, 0.4) is 0 Å². The molecule has 0 saturated heterocycles. The molecule has 0 aromatic heterocycles. The topological polar surface area (TPSA) is 129 Å². The summed E-state index contributed by atoms with van der Waals surface area (Å²) in [4.78, 5) is 22.2. The van der Waals surface area contributed by atoms with E-state index in [2.05, 4.69) is 5.43 Å². The zero-order chi connectivity index (χ0) is 15.8. The summed E-state index contributed by atoms with van der Waals surface area (Å²) in [6, 6.07) is 0. The Morgan fingerprint density at radius 1 is 0.950 bits per heavy atom. The first-order chi connectivity index (χ1) is 9.12. The number of carbonyl (C=O) groups excluding carboxylic acids is 2. The lowest BCUT2D eigenvalue weighted by molar-refractivity contribution is -0.136. The summed E-state index contributed by atoms with van der Waals surface area (Å²) in [5.41, 5.74) is 2.92. The molecule has 0 bridgehead atoms. The van der Waals surface area contributed by atoms with Crippen LogP contribution >= 0.6 is 0 Å². The van der Waals surface area contributed by atoms with Gasteiger partial charge in [-0.05, 0) is 34.1 Å². The molecule has 2 amide bonds. The number of rotatable bonds is 9. The number of nitrogens with one attached hydrogen (secondary N) is 2. The first-order valence-corrected chi connectivity index (χ1v) is 6.39. The van der Waals surface area contributed by atoms with Gasteiger partial charge in [-0.25, -0.2) is 11.7 Å². The Hall–Kier alpha value is -1.22. The van der Waals surface area contributed by atoms with Crippen LogP contribution in [0, 0.1) is 0 Å². The van der Waals surface area contributed by atoms with Crippen LogP contribution in [0.25, 0.3) is 0 Å². The fourth-order valence-electron chi connectivity index (χ4n) is 1.44. The van der Waals surface area contributed by atoms with Crippen LogP contribution in [-0.2, 0) is 19.1 Å². The molecule has 8 heteroatoms. The van der Waals surface area contributed by atoms with Gasteiger partial charge in [0.1, 0.15) is 6.61 Å². The molecular weight excluding hydrogens is 264 g/mol. The zero-order valence-electron chi connectivity index (χ0n) is 12.6. The molecule has 0 aliphatic rings. The lowest BCUT2D eigenvalue weighted by atomic mass is 10.0. The Labute approximate surface area is 119 Å². The lowest BCUT2D eigenvalue weighted by Crippen LogP contribution is -2.39. The number of amides is 2. The summed E-state index contributed by atoms with van der Waals surface area (Å²) in [5, 5.41) is 0. The number of carbonyl (C=O) groups is 2. The molecular formula is C12H26N4O4. The second-order valence-electron chi connectivity index (χ2n) is 5.72. The molecule has 20 heavy (non-hydrogen) atoms. The number of hydrogen-bond acceptors (Lipinski definition) is 6. The normalized spacial score (nSPS) is 12.1. The standard InChI is InChI=1S/C12H26N4O4/c1-11(2,20-8-10(18)16-14)5-6-19-12(3,4)7-9(17)15-13/h5-8,13-14H2,1-4H3,(H,15,17)(H,16,18). The average molecular weight is 290 g/mol. The molecule has 0 aliphatic carbocycles. The molecule has 118 valence electrons. The molecule has 8 nitrogen and oxygen atoms in total. The molecule has 0 radical (unpaired) electrons. The molecule has 0 rings (SSSR count). The van der Waals surface area contributed by atoms with Gasteiger partial charge in [-0.3, -0.25) is 20.4 Å². The minimum absolute atomic E-state index is 0.109. The van der Waals surface area contributed by atoms with Crippen molar-refractivity contribution in [3.63, 3.8) is 0 Å². The van der Waals surface area contributed by atoms with Crippen molar-refractivity contribution in [1.29, 1.82) is 0 Å². The largest absolute Gasteiger partial charge is 0.375 e. The van der Waals surface area contributed by atoms with Gasteiger partial charge in [-0.2, -0.15) is 0 Å². The average Bonchev–Trinajstić information content (AvgIpc) is 2.34. The second kappa shape index (κ2) is 8.15. The third-order valence-corrected chi connectivity index (χ3v) is 2.70. The van der Waals surface area contributed by atoms with Crippen LogP contribution in [0.4, 0.5) is 0 Å². The van der Waals surface area contributed by atoms with Gasteiger partial charge in [-0.1, -0.05) is 0 Å². The maximum atomic E-state index is 11.2. The second-order valence-corrected chi connectivity index (χ2v) is 5.72. The summed E-state index contributed by atoms with van der Waals surface area (Å²) in [5.74, 6) is 9.32. The van der Waals surface area contributed by atoms with Gasteiger partial charge in [0, 0.05) is 0 Å². The highest BCUT2D eigenvalue weighted by atomic mass is 16.5. The van der Waals surface area contributed by atoms with Gasteiger partial charge in [-0.15, -0.1) is 0 Å². The predicted molar refractivity (Wildman–Crippen MR) is 74.0 cm³/mol. The fraction of sp³-hybridized carbons (Fsp3) is 0.833. The van der Waals surface area contributed by atoms with E-state index in [0.29, 0.717) is 13.0 Å². The van der Waals surface area contributed by atoms with Crippen molar-refractivity contribution < 1.29 is 19.1 Å². The highest BCUT2D eigenvalue weighted by molar-refractivity contribution is 5.76. The fourth-order valence-corrected chi connectivity index (χ4v) is 1.44. The van der Waals surface area contributed by atoms with E-state index in [1.54, 1.807) is 13.8 Å². The maximum absolute atomic E-state index is 11.2. The van der Waals surface area contributed by atoms with E-state index in [-0.39, 0.29) is 24.8 Å². The van der Waals surface area contributed by atoms with E-state index in [4.69, 9.17) is 21.2 Å². The molecule has 0 aliphatic heterocycles. The third kappa shape index (κ3) is 8.81. The molecule has 0 atom stereocenters. The van der Waals surface area contributed by atoms with Gasteiger partial charge >= 0.3 is 0 Å². The van der Waals surface area contributed by atoms with Crippen LogP contribution in [0.1, 0.15) is 40.5 Å². The van der Waals surface area contributed by atoms with Crippen molar-refractivity contribution in [2.75, 3.05) is 13.2 Å². The smallest absolute Gasteiger partial charge is 0.259 e. The molecule has 0 spiro atoms. The van der Waals surface area contributed by atoms with Gasteiger partial charge < -0.3 is 9.47 Å².